The largest absolute Gasteiger partial charge is 0.351 e. The molecule has 1 aliphatic rings. The highest BCUT2D eigenvalue weighted by atomic mass is 35.5. The van der Waals surface area contributed by atoms with Crippen LogP contribution in [0.5, 0.6) is 0 Å². The number of thiazole rings is 1. The highest BCUT2D eigenvalue weighted by Gasteiger charge is 2.20. The molecule has 2 aromatic carbocycles. The Labute approximate surface area is 205 Å². The summed E-state index contributed by atoms with van der Waals surface area (Å²) in [7, 11) is 0. The third kappa shape index (κ3) is 6.16. The molecule has 4 rings (SSSR count). The van der Waals surface area contributed by atoms with E-state index in [1.54, 1.807) is 23.1 Å². The number of fused-ring (bicyclic) bond motifs is 1. The fourth-order valence-electron chi connectivity index (χ4n) is 3.80. The topological polar surface area (TPSA) is 48.5 Å². The van der Waals surface area contributed by atoms with Crippen molar-refractivity contribution in [1.29, 1.82) is 0 Å². The summed E-state index contributed by atoms with van der Waals surface area (Å²) >= 11 is 3.55. The highest BCUT2D eigenvalue weighted by molar-refractivity contribution is 7.99. The molecule has 2 heterocycles. The van der Waals surface area contributed by atoms with Crippen molar-refractivity contribution in [1.82, 2.24) is 15.2 Å². The Morgan fingerprint density at radius 3 is 2.69 bits per heavy atom. The summed E-state index contributed by atoms with van der Waals surface area (Å²) in [6, 6.07) is 14.5. The first-order valence-corrected chi connectivity index (χ1v) is 12.8. The molecule has 0 unspecified atom stereocenters. The number of nitrogens with zero attached hydrogens (tertiary/aromatic N) is 3. The molecule has 3 aromatic rings. The summed E-state index contributed by atoms with van der Waals surface area (Å²) in [5.41, 5.74) is 3.21. The quantitative estimate of drug-likeness (QED) is 0.453. The normalized spacial score (nSPS) is 14.4. The smallest absolute Gasteiger partial charge is 0.251 e. The number of hydrogen-bond donors (Lipinski definition) is 1. The minimum absolute atomic E-state index is 0. The van der Waals surface area contributed by atoms with Crippen molar-refractivity contribution in [2.45, 2.75) is 25.2 Å². The summed E-state index contributed by atoms with van der Waals surface area (Å²) in [5, 5.41) is 4.20. The van der Waals surface area contributed by atoms with Crippen molar-refractivity contribution >= 4 is 56.8 Å². The second-order valence-corrected chi connectivity index (χ2v) is 10.0. The van der Waals surface area contributed by atoms with E-state index >= 15 is 0 Å². The SMILES string of the molecule is CCSc1cccc(C(=O)NCCN2CCN(c3nc4ccc(CC)cc4s3)CC2)c1.Cl. The van der Waals surface area contributed by atoms with Gasteiger partial charge in [0.1, 0.15) is 0 Å². The first-order valence-electron chi connectivity index (χ1n) is 11.0. The maximum atomic E-state index is 12.5. The molecule has 1 saturated heterocycles. The molecular formula is C24H31ClN4OS2. The molecule has 1 amide bonds. The van der Waals surface area contributed by atoms with Crippen LogP contribution in [0.3, 0.4) is 0 Å². The monoisotopic (exact) mass is 490 g/mol. The van der Waals surface area contributed by atoms with Crippen LogP contribution in [0, 0.1) is 0 Å². The number of aryl methyl sites for hydroxylation is 1. The number of nitrogens with one attached hydrogen (secondary N) is 1. The van der Waals surface area contributed by atoms with E-state index in [1.165, 1.54) is 10.3 Å². The van der Waals surface area contributed by atoms with Crippen molar-refractivity contribution in [2.75, 3.05) is 49.9 Å². The van der Waals surface area contributed by atoms with Gasteiger partial charge in [-0.25, -0.2) is 4.98 Å². The zero-order valence-electron chi connectivity index (χ0n) is 18.7. The zero-order chi connectivity index (χ0) is 21.6. The van der Waals surface area contributed by atoms with Crippen molar-refractivity contribution in [2.24, 2.45) is 0 Å². The average Bonchev–Trinajstić information content (AvgIpc) is 3.23. The molecule has 0 atom stereocenters. The number of amides is 1. The Hall–Kier alpha value is -1.80. The van der Waals surface area contributed by atoms with Crippen LogP contribution in [0.15, 0.2) is 47.4 Å². The van der Waals surface area contributed by atoms with E-state index in [0.717, 1.165) is 66.0 Å². The number of anilines is 1. The Bertz CT molecular complexity index is 1030. The lowest BCUT2D eigenvalue weighted by Crippen LogP contribution is -2.48. The van der Waals surface area contributed by atoms with Gasteiger partial charge in [-0.3, -0.25) is 9.69 Å². The van der Waals surface area contributed by atoms with Gasteiger partial charge in [0.25, 0.3) is 5.91 Å². The van der Waals surface area contributed by atoms with Crippen LogP contribution in [-0.4, -0.2) is 60.8 Å². The van der Waals surface area contributed by atoms with Crippen molar-refractivity contribution in [3.05, 3.63) is 53.6 Å². The van der Waals surface area contributed by atoms with Gasteiger partial charge in [0.05, 0.1) is 10.2 Å². The molecule has 0 bridgehead atoms. The average molecular weight is 491 g/mol. The van der Waals surface area contributed by atoms with Crippen LogP contribution in [-0.2, 0) is 6.42 Å². The lowest BCUT2D eigenvalue weighted by atomic mass is 10.2. The predicted molar refractivity (Wildman–Crippen MR) is 140 cm³/mol. The molecule has 172 valence electrons. The van der Waals surface area contributed by atoms with E-state index in [0.29, 0.717) is 6.54 Å². The van der Waals surface area contributed by atoms with Crippen molar-refractivity contribution < 1.29 is 4.79 Å². The summed E-state index contributed by atoms with van der Waals surface area (Å²) < 4.78 is 1.28. The predicted octanol–water partition coefficient (Wildman–Crippen LogP) is 4.94. The highest BCUT2D eigenvalue weighted by Crippen LogP contribution is 2.30. The Balaban J connectivity index is 0.00000289. The molecule has 8 heteroatoms. The van der Waals surface area contributed by atoms with Gasteiger partial charge in [-0.2, -0.15) is 0 Å². The Morgan fingerprint density at radius 1 is 1.12 bits per heavy atom. The van der Waals surface area contributed by atoms with Gasteiger partial charge in [0.15, 0.2) is 5.13 Å². The van der Waals surface area contributed by atoms with E-state index < -0.39 is 0 Å². The van der Waals surface area contributed by atoms with Crippen molar-refractivity contribution in [3.8, 4) is 0 Å². The molecule has 5 nitrogen and oxygen atoms in total. The molecule has 0 radical (unpaired) electrons. The number of benzene rings is 2. The number of aromatic nitrogens is 1. The van der Waals surface area contributed by atoms with Gasteiger partial charge in [-0.1, -0.05) is 37.3 Å². The molecular weight excluding hydrogens is 460 g/mol. The fourth-order valence-corrected chi connectivity index (χ4v) is 5.60. The van der Waals surface area contributed by atoms with Gasteiger partial charge < -0.3 is 10.2 Å². The van der Waals surface area contributed by atoms with Gasteiger partial charge in [0.2, 0.25) is 0 Å². The van der Waals surface area contributed by atoms with Crippen LogP contribution in [0.1, 0.15) is 29.8 Å². The van der Waals surface area contributed by atoms with Crippen LogP contribution >= 0.6 is 35.5 Å². The maximum Gasteiger partial charge on any atom is 0.251 e. The van der Waals surface area contributed by atoms with E-state index in [4.69, 9.17) is 4.98 Å². The third-order valence-corrected chi connectivity index (χ3v) is 7.57. The number of carbonyl (C=O) groups excluding carboxylic acids is 1. The van der Waals surface area contributed by atoms with Crippen LogP contribution in [0.4, 0.5) is 5.13 Å². The van der Waals surface area contributed by atoms with E-state index in [-0.39, 0.29) is 18.3 Å². The Kier molecular flexibility index (Phi) is 9.22. The standard InChI is InChI=1S/C24H30N4OS2.ClH/c1-3-18-8-9-21-22(16-18)31-24(26-21)28-14-12-27(13-15-28)11-10-25-23(29)19-6-5-7-20(17-19)30-4-2;/h5-9,16-17H,3-4,10-15H2,1-2H3,(H,25,29);1H. The first kappa shape index (κ1) is 24.8. The van der Waals surface area contributed by atoms with Gasteiger partial charge in [-0.05, 0) is 48.1 Å². The summed E-state index contributed by atoms with van der Waals surface area (Å²) in [6.45, 7) is 9.80. The second-order valence-electron chi connectivity index (χ2n) is 7.70. The lowest BCUT2D eigenvalue weighted by Gasteiger charge is -2.34. The van der Waals surface area contributed by atoms with Crippen molar-refractivity contribution in [3.63, 3.8) is 0 Å². The van der Waals surface area contributed by atoms with Crippen LogP contribution in [0.25, 0.3) is 10.2 Å². The molecule has 0 saturated carbocycles. The molecule has 0 aliphatic carbocycles. The van der Waals surface area contributed by atoms with E-state index in [2.05, 4.69) is 53.2 Å². The van der Waals surface area contributed by atoms with Gasteiger partial charge in [-0.15, -0.1) is 24.2 Å². The molecule has 1 aliphatic heterocycles. The fraction of sp³-hybridized carbons (Fsp3) is 0.417. The molecule has 1 aromatic heterocycles. The zero-order valence-corrected chi connectivity index (χ0v) is 21.1. The summed E-state index contributed by atoms with van der Waals surface area (Å²) in [4.78, 5) is 23.3. The lowest BCUT2D eigenvalue weighted by molar-refractivity contribution is 0.0947. The number of hydrogen-bond acceptors (Lipinski definition) is 6. The van der Waals surface area contributed by atoms with E-state index in [9.17, 15) is 4.79 Å². The number of halogens is 1. The third-order valence-electron chi connectivity index (χ3n) is 5.61. The number of piperazine rings is 1. The molecule has 0 spiro atoms. The number of thioether (sulfide) groups is 1. The minimum Gasteiger partial charge on any atom is -0.351 e. The number of carbonyl (C=O) groups is 1. The molecule has 1 N–H and O–H groups in total. The van der Waals surface area contributed by atoms with E-state index in [1.807, 2.05) is 18.2 Å². The number of rotatable bonds is 8. The molecule has 32 heavy (non-hydrogen) atoms. The Morgan fingerprint density at radius 2 is 1.94 bits per heavy atom. The summed E-state index contributed by atoms with van der Waals surface area (Å²) in [6.07, 6.45) is 1.06. The van der Waals surface area contributed by atoms with Gasteiger partial charge in [0, 0.05) is 49.7 Å². The minimum atomic E-state index is 0. The summed E-state index contributed by atoms with van der Waals surface area (Å²) in [5.74, 6) is 1.02. The first-order chi connectivity index (χ1) is 15.2. The van der Waals surface area contributed by atoms with Crippen LogP contribution in [0.2, 0.25) is 0 Å². The molecule has 1 fully saturated rings. The van der Waals surface area contributed by atoms with Crippen LogP contribution < -0.4 is 10.2 Å². The maximum absolute atomic E-state index is 12.5. The second kappa shape index (κ2) is 11.9. The van der Waals surface area contributed by atoms with Gasteiger partial charge >= 0.3 is 0 Å².